The van der Waals surface area contributed by atoms with Gasteiger partial charge in [0.2, 0.25) is 0 Å². The van der Waals surface area contributed by atoms with Crippen molar-refractivity contribution >= 4 is 6.08 Å². The zero-order valence-electron chi connectivity index (χ0n) is 8.77. The van der Waals surface area contributed by atoms with Crippen molar-refractivity contribution in [2.24, 2.45) is 11.7 Å². The third kappa shape index (κ3) is 2.25. The van der Waals surface area contributed by atoms with E-state index in [0.29, 0.717) is 12.5 Å². The number of rotatable bonds is 3. The average molecular weight is 201 g/mol. The highest BCUT2D eigenvalue weighted by molar-refractivity contribution is 5.50. The first-order valence-electron chi connectivity index (χ1n) is 5.06. The number of imidazole rings is 1. The van der Waals surface area contributed by atoms with Crippen LogP contribution in [0, 0.1) is 5.92 Å². The topological polar surface area (TPSA) is 54.7 Å². The Bertz CT molecular complexity index is 410. The summed E-state index contributed by atoms with van der Waals surface area (Å²) in [5, 5.41) is 0. The van der Waals surface area contributed by atoms with E-state index in [0.717, 1.165) is 5.82 Å². The van der Waals surface area contributed by atoms with Gasteiger partial charge in [-0.3, -0.25) is 0 Å². The molecule has 1 atom stereocenters. The SMILES string of the molecule is CC1=CC(/C(=C\c2ncc[nH]2)CN)C=C1. The molecule has 0 fully saturated rings. The Morgan fingerprint density at radius 3 is 3.07 bits per heavy atom. The van der Waals surface area contributed by atoms with Gasteiger partial charge >= 0.3 is 0 Å². The molecule has 0 spiro atoms. The molecule has 1 aliphatic carbocycles. The first kappa shape index (κ1) is 9.93. The second-order valence-corrected chi connectivity index (χ2v) is 3.69. The van der Waals surface area contributed by atoms with Gasteiger partial charge < -0.3 is 10.7 Å². The van der Waals surface area contributed by atoms with Crippen molar-refractivity contribution in [3.05, 3.63) is 47.6 Å². The molecule has 0 aromatic carbocycles. The molecule has 3 nitrogen and oxygen atoms in total. The van der Waals surface area contributed by atoms with Gasteiger partial charge in [-0.25, -0.2) is 4.98 Å². The summed E-state index contributed by atoms with van der Waals surface area (Å²) in [6, 6.07) is 0. The van der Waals surface area contributed by atoms with Gasteiger partial charge in [-0.15, -0.1) is 0 Å². The predicted octanol–water partition coefficient (Wildman–Crippen LogP) is 1.88. The van der Waals surface area contributed by atoms with Crippen LogP contribution in [0.4, 0.5) is 0 Å². The first-order valence-corrected chi connectivity index (χ1v) is 5.06. The molecular formula is C12H15N3. The number of aromatic amines is 1. The summed E-state index contributed by atoms with van der Waals surface area (Å²) in [6.07, 6.45) is 12.1. The van der Waals surface area contributed by atoms with Crippen LogP contribution in [0.2, 0.25) is 0 Å². The number of H-pyrrole nitrogens is 1. The van der Waals surface area contributed by atoms with Crippen LogP contribution in [0.3, 0.4) is 0 Å². The van der Waals surface area contributed by atoms with Crippen molar-refractivity contribution in [3.8, 4) is 0 Å². The lowest BCUT2D eigenvalue weighted by Crippen LogP contribution is -2.09. The summed E-state index contributed by atoms with van der Waals surface area (Å²) in [5.41, 5.74) is 8.21. The summed E-state index contributed by atoms with van der Waals surface area (Å²) < 4.78 is 0. The molecule has 1 aromatic rings. The van der Waals surface area contributed by atoms with Gasteiger partial charge in [0.25, 0.3) is 0 Å². The Kier molecular flexibility index (Phi) is 2.83. The highest BCUT2D eigenvalue weighted by atomic mass is 14.9. The second-order valence-electron chi connectivity index (χ2n) is 3.69. The van der Waals surface area contributed by atoms with Gasteiger partial charge in [0, 0.05) is 24.9 Å². The average Bonchev–Trinajstić information content (AvgIpc) is 2.85. The van der Waals surface area contributed by atoms with Crippen molar-refractivity contribution in [2.45, 2.75) is 6.92 Å². The lowest BCUT2D eigenvalue weighted by Gasteiger charge is -2.08. The molecule has 3 N–H and O–H groups in total. The van der Waals surface area contributed by atoms with Gasteiger partial charge in [0.1, 0.15) is 5.82 Å². The molecule has 3 heteroatoms. The summed E-state index contributed by atoms with van der Waals surface area (Å²) in [7, 11) is 0. The molecular weight excluding hydrogens is 186 g/mol. The third-order valence-electron chi connectivity index (χ3n) is 2.51. The van der Waals surface area contributed by atoms with E-state index in [9.17, 15) is 0 Å². The Morgan fingerprint density at radius 2 is 2.53 bits per heavy atom. The fourth-order valence-electron chi connectivity index (χ4n) is 1.70. The Labute approximate surface area is 89.4 Å². The van der Waals surface area contributed by atoms with Crippen LogP contribution < -0.4 is 5.73 Å². The molecule has 1 unspecified atom stereocenters. The quantitative estimate of drug-likeness (QED) is 0.784. The molecule has 0 saturated carbocycles. The van der Waals surface area contributed by atoms with Crippen LogP contribution in [-0.4, -0.2) is 16.5 Å². The van der Waals surface area contributed by atoms with Crippen LogP contribution >= 0.6 is 0 Å². The van der Waals surface area contributed by atoms with E-state index in [2.05, 4.69) is 35.1 Å². The van der Waals surface area contributed by atoms with E-state index in [4.69, 9.17) is 5.73 Å². The van der Waals surface area contributed by atoms with Gasteiger partial charge in [-0.2, -0.15) is 0 Å². The van der Waals surface area contributed by atoms with Crippen LogP contribution in [0.1, 0.15) is 12.7 Å². The van der Waals surface area contributed by atoms with Gasteiger partial charge in [-0.1, -0.05) is 23.8 Å². The number of nitrogens with two attached hydrogens (primary N) is 1. The van der Waals surface area contributed by atoms with E-state index in [-0.39, 0.29) is 0 Å². The van der Waals surface area contributed by atoms with E-state index in [1.807, 2.05) is 12.3 Å². The predicted molar refractivity (Wildman–Crippen MR) is 62.0 cm³/mol. The minimum absolute atomic E-state index is 0.333. The highest BCUT2D eigenvalue weighted by Gasteiger charge is 2.11. The maximum atomic E-state index is 5.74. The Hall–Kier alpha value is -1.61. The maximum absolute atomic E-state index is 5.74. The largest absolute Gasteiger partial charge is 0.345 e. The molecule has 2 rings (SSSR count). The minimum Gasteiger partial charge on any atom is -0.345 e. The number of hydrogen-bond donors (Lipinski definition) is 2. The molecule has 0 saturated heterocycles. The molecule has 1 aromatic heterocycles. The molecule has 0 radical (unpaired) electrons. The summed E-state index contributed by atoms with van der Waals surface area (Å²) in [6.45, 7) is 2.65. The highest BCUT2D eigenvalue weighted by Crippen LogP contribution is 2.23. The number of aromatic nitrogens is 2. The van der Waals surface area contributed by atoms with E-state index >= 15 is 0 Å². The summed E-state index contributed by atoms with van der Waals surface area (Å²) >= 11 is 0. The standard InChI is InChI=1S/C12H15N3/c1-9-2-3-10(6-9)11(8-13)7-12-14-4-5-15-12/h2-7,10H,8,13H2,1H3,(H,14,15)/b11-7-. The second kappa shape index (κ2) is 4.28. The van der Waals surface area contributed by atoms with Crippen LogP contribution in [0.5, 0.6) is 0 Å². The minimum atomic E-state index is 0.333. The van der Waals surface area contributed by atoms with E-state index in [1.54, 1.807) is 6.20 Å². The fraction of sp³-hybridized carbons (Fsp3) is 0.250. The van der Waals surface area contributed by atoms with E-state index < -0.39 is 0 Å². The normalized spacial score (nSPS) is 20.8. The number of nitrogens with one attached hydrogen (secondary N) is 1. The lowest BCUT2D eigenvalue weighted by atomic mass is 10.00. The molecule has 78 valence electrons. The first-order chi connectivity index (χ1) is 7.29. The molecule has 0 amide bonds. The van der Waals surface area contributed by atoms with Gasteiger partial charge in [0.15, 0.2) is 0 Å². The van der Waals surface area contributed by atoms with Crippen molar-refractivity contribution in [3.63, 3.8) is 0 Å². The monoisotopic (exact) mass is 201 g/mol. The number of nitrogens with zero attached hydrogens (tertiary/aromatic N) is 1. The van der Waals surface area contributed by atoms with Crippen molar-refractivity contribution in [2.75, 3.05) is 6.54 Å². The molecule has 15 heavy (non-hydrogen) atoms. The van der Waals surface area contributed by atoms with Crippen LogP contribution in [-0.2, 0) is 0 Å². The maximum Gasteiger partial charge on any atom is 0.129 e. The fourth-order valence-corrected chi connectivity index (χ4v) is 1.70. The Morgan fingerprint density at radius 1 is 1.67 bits per heavy atom. The third-order valence-corrected chi connectivity index (χ3v) is 2.51. The lowest BCUT2D eigenvalue weighted by molar-refractivity contribution is 0.928. The van der Waals surface area contributed by atoms with Crippen molar-refractivity contribution in [1.29, 1.82) is 0 Å². The zero-order valence-corrected chi connectivity index (χ0v) is 8.77. The number of hydrogen-bond acceptors (Lipinski definition) is 2. The number of allylic oxidation sites excluding steroid dienone is 4. The van der Waals surface area contributed by atoms with Crippen molar-refractivity contribution < 1.29 is 0 Å². The Balaban J connectivity index is 2.22. The van der Waals surface area contributed by atoms with Crippen LogP contribution in [0.15, 0.2) is 41.8 Å². The summed E-state index contributed by atoms with van der Waals surface area (Å²) in [4.78, 5) is 7.21. The van der Waals surface area contributed by atoms with E-state index in [1.165, 1.54) is 11.1 Å². The zero-order chi connectivity index (χ0) is 10.7. The van der Waals surface area contributed by atoms with Crippen molar-refractivity contribution in [1.82, 2.24) is 9.97 Å². The molecule has 0 bridgehead atoms. The summed E-state index contributed by atoms with van der Waals surface area (Å²) in [5.74, 6) is 1.20. The van der Waals surface area contributed by atoms with Crippen LogP contribution in [0.25, 0.3) is 6.08 Å². The smallest absolute Gasteiger partial charge is 0.129 e. The molecule has 1 aliphatic rings. The van der Waals surface area contributed by atoms with Gasteiger partial charge in [-0.05, 0) is 18.6 Å². The molecule has 0 aliphatic heterocycles. The van der Waals surface area contributed by atoms with Gasteiger partial charge in [0.05, 0.1) is 0 Å². The molecule has 1 heterocycles.